The van der Waals surface area contributed by atoms with E-state index in [9.17, 15) is 9.59 Å². The van der Waals surface area contributed by atoms with Crippen LogP contribution in [-0.2, 0) is 14.3 Å². The molecule has 126 valence electrons. The minimum absolute atomic E-state index is 0.162. The number of ether oxygens (including phenoxy) is 2. The number of nitrogens with zero attached hydrogens (tertiary/aromatic N) is 2. The Morgan fingerprint density at radius 2 is 2.17 bits per heavy atom. The van der Waals surface area contributed by atoms with Gasteiger partial charge in [-0.1, -0.05) is 11.6 Å². The van der Waals surface area contributed by atoms with Crippen LogP contribution in [0.15, 0.2) is 16.7 Å². The molecule has 0 N–H and O–H groups in total. The largest absolute Gasteiger partial charge is 0.444 e. The van der Waals surface area contributed by atoms with Crippen molar-refractivity contribution in [3.63, 3.8) is 0 Å². The van der Waals surface area contributed by atoms with Gasteiger partial charge in [0.1, 0.15) is 27.6 Å². The van der Waals surface area contributed by atoms with Crippen molar-refractivity contribution >= 4 is 39.9 Å². The smallest absolute Gasteiger partial charge is 0.410 e. The van der Waals surface area contributed by atoms with E-state index in [-0.39, 0.29) is 13.1 Å². The Morgan fingerprint density at radius 1 is 1.48 bits per heavy atom. The molecule has 0 spiro atoms. The number of hydrogen-bond acceptors (Lipinski definition) is 5. The number of amides is 1. The van der Waals surface area contributed by atoms with Crippen molar-refractivity contribution in [1.29, 1.82) is 0 Å². The molecule has 2 unspecified atom stereocenters. The van der Waals surface area contributed by atoms with Crippen LogP contribution in [0.1, 0.15) is 32.4 Å². The lowest BCUT2D eigenvalue weighted by Crippen LogP contribution is -2.49. The van der Waals surface area contributed by atoms with Gasteiger partial charge in [0.05, 0.1) is 13.1 Å². The summed E-state index contributed by atoms with van der Waals surface area (Å²) in [6.07, 6.45) is -0.992. The maximum atomic E-state index is 12.3. The molecule has 0 saturated carbocycles. The quantitative estimate of drug-likeness (QED) is 0.557. The van der Waals surface area contributed by atoms with Gasteiger partial charge in [0, 0.05) is 0 Å². The van der Waals surface area contributed by atoms with Gasteiger partial charge in [0.25, 0.3) is 0 Å². The van der Waals surface area contributed by atoms with Crippen molar-refractivity contribution < 1.29 is 19.1 Å². The lowest BCUT2D eigenvalue weighted by atomic mass is 10.1. The van der Waals surface area contributed by atoms with Gasteiger partial charge in [-0.2, -0.15) is 0 Å². The summed E-state index contributed by atoms with van der Waals surface area (Å²) in [6, 6.07) is 3.40. The second kappa shape index (κ2) is 7.15. The number of carbonyl (C=O) groups is 2. The molecule has 2 atom stereocenters. The molecule has 8 heteroatoms. The minimum Gasteiger partial charge on any atom is -0.444 e. The third kappa shape index (κ3) is 5.16. The molecule has 23 heavy (non-hydrogen) atoms. The van der Waals surface area contributed by atoms with E-state index in [4.69, 9.17) is 21.1 Å². The average Bonchev–Trinajstić information content (AvgIpc) is 2.44. The first kappa shape index (κ1) is 18.2. The Morgan fingerprint density at radius 3 is 2.74 bits per heavy atom. The highest BCUT2D eigenvalue weighted by Gasteiger charge is 2.34. The number of morpholine rings is 1. The fourth-order valence-corrected chi connectivity index (χ4v) is 2.97. The van der Waals surface area contributed by atoms with Gasteiger partial charge in [0.2, 0.25) is 0 Å². The highest BCUT2D eigenvalue weighted by Crippen LogP contribution is 2.29. The minimum atomic E-state index is -0.716. The Kier molecular flexibility index (Phi) is 5.65. The lowest BCUT2D eigenvalue weighted by Gasteiger charge is -2.37. The normalized spacial score (nSPS) is 21.9. The van der Waals surface area contributed by atoms with Crippen LogP contribution in [0.4, 0.5) is 4.79 Å². The van der Waals surface area contributed by atoms with Gasteiger partial charge in [-0.05, 0) is 54.4 Å². The molecular weight excluding hydrogens is 388 g/mol. The van der Waals surface area contributed by atoms with E-state index in [0.29, 0.717) is 16.0 Å². The zero-order chi connectivity index (χ0) is 17.2. The van der Waals surface area contributed by atoms with Crippen molar-refractivity contribution in [1.82, 2.24) is 9.88 Å². The number of carbonyl (C=O) groups excluding carboxylic acids is 2. The van der Waals surface area contributed by atoms with Gasteiger partial charge in [0.15, 0.2) is 6.29 Å². The Bertz CT molecular complexity index is 585. The molecule has 6 nitrogen and oxygen atoms in total. The fraction of sp³-hybridized carbons (Fsp3) is 0.533. The maximum Gasteiger partial charge on any atom is 0.410 e. The molecule has 0 bridgehead atoms. The molecule has 0 radical (unpaired) electrons. The van der Waals surface area contributed by atoms with Gasteiger partial charge >= 0.3 is 6.09 Å². The molecular formula is C15H18BrClN2O4. The predicted octanol–water partition coefficient (Wildman–Crippen LogP) is 3.37. The standard InChI is InChI=1S/C15H18BrClN2O4/c1-15(2,3)23-14(21)19-6-10(8-20)22-11(7-19)9-4-12(16)18-13(17)5-9/h4-5,8,10-11H,6-7H2,1-3H3. The number of aromatic nitrogens is 1. The van der Waals surface area contributed by atoms with Crippen molar-refractivity contribution in [3.05, 3.63) is 27.5 Å². The van der Waals surface area contributed by atoms with E-state index < -0.39 is 23.9 Å². The van der Waals surface area contributed by atoms with E-state index in [2.05, 4.69) is 20.9 Å². The lowest BCUT2D eigenvalue weighted by molar-refractivity contribution is -0.132. The molecule has 1 aliphatic rings. The first-order valence-electron chi connectivity index (χ1n) is 7.09. The van der Waals surface area contributed by atoms with E-state index in [1.165, 1.54) is 4.90 Å². The monoisotopic (exact) mass is 404 g/mol. The van der Waals surface area contributed by atoms with Crippen molar-refractivity contribution in [3.8, 4) is 0 Å². The number of halogens is 2. The number of hydrogen-bond donors (Lipinski definition) is 0. The third-order valence-electron chi connectivity index (χ3n) is 3.09. The van der Waals surface area contributed by atoms with Gasteiger partial charge < -0.3 is 19.2 Å². The summed E-state index contributed by atoms with van der Waals surface area (Å²) >= 11 is 9.22. The van der Waals surface area contributed by atoms with Crippen LogP contribution in [-0.4, -0.2) is 47.1 Å². The number of aldehydes is 1. The zero-order valence-electron chi connectivity index (χ0n) is 13.1. The van der Waals surface area contributed by atoms with Crippen molar-refractivity contribution in [2.45, 2.75) is 38.6 Å². The molecule has 1 amide bonds. The summed E-state index contributed by atoms with van der Waals surface area (Å²) in [5.74, 6) is 0. The summed E-state index contributed by atoms with van der Waals surface area (Å²) in [4.78, 5) is 28.9. The third-order valence-corrected chi connectivity index (χ3v) is 3.69. The summed E-state index contributed by atoms with van der Waals surface area (Å²) < 4.78 is 11.6. The predicted molar refractivity (Wildman–Crippen MR) is 88.4 cm³/mol. The SMILES string of the molecule is CC(C)(C)OC(=O)N1CC(C=O)OC(c2cc(Cl)nc(Br)c2)C1. The maximum absolute atomic E-state index is 12.3. The van der Waals surface area contributed by atoms with Crippen molar-refractivity contribution in [2.75, 3.05) is 13.1 Å². The van der Waals surface area contributed by atoms with E-state index >= 15 is 0 Å². The molecule has 2 rings (SSSR count). The molecule has 1 aliphatic heterocycles. The summed E-state index contributed by atoms with van der Waals surface area (Å²) in [7, 11) is 0. The van der Waals surface area contributed by atoms with Crippen LogP contribution < -0.4 is 0 Å². The van der Waals surface area contributed by atoms with Crippen LogP contribution in [0.2, 0.25) is 5.15 Å². The van der Waals surface area contributed by atoms with E-state index in [1.807, 2.05) is 0 Å². The van der Waals surface area contributed by atoms with Crippen LogP contribution in [0.3, 0.4) is 0 Å². The topological polar surface area (TPSA) is 68.7 Å². The summed E-state index contributed by atoms with van der Waals surface area (Å²) in [5, 5.41) is 0.301. The summed E-state index contributed by atoms with van der Waals surface area (Å²) in [5.41, 5.74) is 0.127. The highest BCUT2D eigenvalue weighted by atomic mass is 79.9. The molecule has 1 aromatic heterocycles. The molecule has 0 aromatic carbocycles. The van der Waals surface area contributed by atoms with Gasteiger partial charge in [-0.3, -0.25) is 0 Å². The van der Waals surface area contributed by atoms with Gasteiger partial charge in [-0.25, -0.2) is 9.78 Å². The Hall–Kier alpha value is -1.18. The van der Waals surface area contributed by atoms with Gasteiger partial charge in [-0.15, -0.1) is 0 Å². The van der Waals surface area contributed by atoms with E-state index in [1.54, 1.807) is 32.9 Å². The van der Waals surface area contributed by atoms with Crippen LogP contribution in [0, 0.1) is 0 Å². The molecule has 1 saturated heterocycles. The van der Waals surface area contributed by atoms with Crippen LogP contribution in [0.25, 0.3) is 0 Å². The van der Waals surface area contributed by atoms with Crippen LogP contribution >= 0.6 is 27.5 Å². The van der Waals surface area contributed by atoms with Crippen molar-refractivity contribution in [2.24, 2.45) is 0 Å². The first-order chi connectivity index (χ1) is 10.7. The fourth-order valence-electron chi connectivity index (χ4n) is 2.19. The first-order valence-corrected chi connectivity index (χ1v) is 8.26. The average molecular weight is 406 g/mol. The number of pyridine rings is 1. The Labute approximate surface area is 148 Å². The highest BCUT2D eigenvalue weighted by molar-refractivity contribution is 9.10. The molecule has 2 heterocycles. The summed E-state index contributed by atoms with van der Waals surface area (Å²) in [6.45, 7) is 5.81. The molecule has 0 aliphatic carbocycles. The number of rotatable bonds is 2. The second-order valence-corrected chi connectivity index (χ2v) is 7.43. The zero-order valence-corrected chi connectivity index (χ0v) is 15.4. The Balaban J connectivity index is 2.21. The van der Waals surface area contributed by atoms with Crippen LogP contribution in [0.5, 0.6) is 0 Å². The molecule has 1 fully saturated rings. The molecule has 1 aromatic rings. The van der Waals surface area contributed by atoms with E-state index in [0.717, 1.165) is 5.56 Å². The second-order valence-electron chi connectivity index (χ2n) is 6.23.